The van der Waals surface area contributed by atoms with Crippen LogP contribution in [-0.2, 0) is 11.0 Å². The second-order valence-corrected chi connectivity index (χ2v) is 2.56. The Bertz CT molecular complexity index is 227. The topological polar surface area (TPSA) is 99.1 Å². The van der Waals surface area contributed by atoms with Gasteiger partial charge in [-0.2, -0.15) is 5.10 Å². The molecule has 6 nitrogen and oxygen atoms in total. The Morgan fingerprint density at radius 1 is 1.62 bits per heavy atom. The van der Waals surface area contributed by atoms with Gasteiger partial charge in [-0.25, -0.2) is 4.98 Å². The van der Waals surface area contributed by atoms with Gasteiger partial charge < -0.3 is 9.79 Å². The van der Waals surface area contributed by atoms with Crippen molar-refractivity contribution < 1.29 is 18.7 Å². The van der Waals surface area contributed by atoms with Gasteiger partial charge in [-0.3, -0.25) is 14.1 Å². The number of nitrogens with one attached hydrogen (secondary N) is 1. The van der Waals surface area contributed by atoms with Crippen molar-refractivity contribution in [1.82, 2.24) is 15.2 Å². The van der Waals surface area contributed by atoms with Crippen LogP contribution in [0, 0.1) is 0 Å². The number of aryl methyl sites for hydroxylation is 1. The Hall–Kier alpha value is -0.780. The van der Waals surface area contributed by atoms with E-state index in [1.54, 1.807) is 0 Å². The normalized spacial score (nSPS) is 9.54. The van der Waals surface area contributed by atoms with Crippen molar-refractivity contribution >= 4 is 8.25 Å². The molecule has 0 aromatic carbocycles. The Morgan fingerprint density at radius 3 is 2.62 bits per heavy atom. The second kappa shape index (κ2) is 7.85. The van der Waals surface area contributed by atoms with E-state index in [-0.39, 0.29) is 6.67 Å². The highest BCUT2D eigenvalue weighted by Crippen LogP contribution is 1.98. The molecule has 0 aliphatic carbocycles. The minimum absolute atomic E-state index is 0.297. The summed E-state index contributed by atoms with van der Waals surface area (Å²) in [5.74, 6) is 0.688. The van der Waals surface area contributed by atoms with E-state index in [1.807, 2.05) is 0 Å². The fourth-order valence-electron chi connectivity index (χ4n) is 0.581. The Morgan fingerprint density at radius 2 is 2.23 bits per heavy atom. The third kappa shape index (κ3) is 9.13. The van der Waals surface area contributed by atoms with Gasteiger partial charge in [0.1, 0.15) is 12.2 Å². The van der Waals surface area contributed by atoms with Gasteiger partial charge in [-0.15, -0.1) is 0 Å². The van der Waals surface area contributed by atoms with E-state index in [4.69, 9.17) is 14.4 Å². The SMILES string of the molecule is FCCCc1nc[nH]n1.O=[PH](O)O. The number of hydrogen-bond donors (Lipinski definition) is 3. The van der Waals surface area contributed by atoms with Gasteiger partial charge in [0, 0.05) is 6.42 Å². The van der Waals surface area contributed by atoms with Gasteiger partial charge in [0.05, 0.1) is 6.67 Å². The summed E-state index contributed by atoms with van der Waals surface area (Å²) in [6, 6.07) is 0. The van der Waals surface area contributed by atoms with Gasteiger partial charge in [-0.1, -0.05) is 0 Å². The van der Waals surface area contributed by atoms with E-state index >= 15 is 0 Å². The fraction of sp³-hybridized carbons (Fsp3) is 0.600. The van der Waals surface area contributed by atoms with Gasteiger partial charge >= 0.3 is 8.25 Å². The van der Waals surface area contributed by atoms with Crippen molar-refractivity contribution in [1.29, 1.82) is 0 Å². The van der Waals surface area contributed by atoms with Crippen molar-refractivity contribution in [3.63, 3.8) is 0 Å². The van der Waals surface area contributed by atoms with E-state index in [9.17, 15) is 4.39 Å². The standard InChI is InChI=1S/C5H8FN3.H3O3P/c6-3-1-2-5-7-4-8-9-5;1-4(2)3/h4H,1-3H2,(H,7,8,9);4H,(H2,1,2,3). The molecule has 76 valence electrons. The van der Waals surface area contributed by atoms with Crippen LogP contribution in [0.5, 0.6) is 0 Å². The maximum Gasteiger partial charge on any atom is 0.314 e. The smallest absolute Gasteiger partial charge is 0.314 e. The summed E-state index contributed by atoms with van der Waals surface area (Å²) >= 11 is 0. The molecular formula is C5H11FN3O3P. The van der Waals surface area contributed by atoms with Gasteiger partial charge in [-0.05, 0) is 6.42 Å². The highest BCUT2D eigenvalue weighted by molar-refractivity contribution is 7.30. The highest BCUT2D eigenvalue weighted by atomic mass is 31.1. The first-order valence-electron chi connectivity index (χ1n) is 3.49. The lowest BCUT2D eigenvalue weighted by Gasteiger charge is -1.86. The molecule has 0 aliphatic heterocycles. The molecule has 0 atom stereocenters. The molecule has 1 aromatic rings. The molecule has 0 bridgehead atoms. The van der Waals surface area contributed by atoms with Crippen LogP contribution < -0.4 is 0 Å². The first-order chi connectivity index (χ1) is 6.16. The number of rotatable bonds is 3. The zero-order chi connectivity index (χ0) is 10.1. The Kier molecular flexibility index (Phi) is 7.38. The summed E-state index contributed by atoms with van der Waals surface area (Å²) in [5, 5.41) is 6.31. The summed E-state index contributed by atoms with van der Waals surface area (Å²) in [5.41, 5.74) is 0. The van der Waals surface area contributed by atoms with Crippen LogP contribution in [-0.4, -0.2) is 31.6 Å². The van der Waals surface area contributed by atoms with Crippen molar-refractivity contribution in [3.05, 3.63) is 12.2 Å². The molecule has 0 spiro atoms. The average molecular weight is 211 g/mol. The first-order valence-corrected chi connectivity index (χ1v) is 4.79. The molecule has 0 unspecified atom stereocenters. The van der Waals surface area contributed by atoms with E-state index in [2.05, 4.69) is 15.2 Å². The van der Waals surface area contributed by atoms with Crippen LogP contribution in [0.3, 0.4) is 0 Å². The average Bonchev–Trinajstić information content (AvgIpc) is 2.51. The van der Waals surface area contributed by atoms with Crippen LogP contribution in [0.15, 0.2) is 6.33 Å². The lowest BCUT2D eigenvalue weighted by atomic mass is 10.3. The molecule has 1 aromatic heterocycles. The third-order valence-electron chi connectivity index (χ3n) is 0.999. The lowest BCUT2D eigenvalue weighted by molar-refractivity contribution is 0.405. The fourth-order valence-corrected chi connectivity index (χ4v) is 0.581. The van der Waals surface area contributed by atoms with Gasteiger partial charge in [0.25, 0.3) is 0 Å². The quantitative estimate of drug-likeness (QED) is 0.614. The molecule has 1 heterocycles. The molecule has 13 heavy (non-hydrogen) atoms. The second-order valence-electron chi connectivity index (χ2n) is 1.99. The lowest BCUT2D eigenvalue weighted by Crippen LogP contribution is -1.88. The molecule has 0 radical (unpaired) electrons. The summed E-state index contributed by atoms with van der Waals surface area (Å²) < 4.78 is 20.3. The third-order valence-corrected chi connectivity index (χ3v) is 0.999. The maximum atomic E-state index is 11.5. The summed E-state index contributed by atoms with van der Waals surface area (Å²) in [7, 11) is -3.13. The van der Waals surface area contributed by atoms with Crippen molar-refractivity contribution in [2.75, 3.05) is 6.67 Å². The van der Waals surface area contributed by atoms with Crippen LogP contribution in [0.25, 0.3) is 0 Å². The molecule has 3 N–H and O–H groups in total. The van der Waals surface area contributed by atoms with Gasteiger partial charge in [0.2, 0.25) is 0 Å². The van der Waals surface area contributed by atoms with Crippen LogP contribution in [0.2, 0.25) is 0 Å². The molecular weight excluding hydrogens is 200 g/mol. The van der Waals surface area contributed by atoms with Crippen molar-refractivity contribution in [2.45, 2.75) is 12.8 Å². The monoisotopic (exact) mass is 211 g/mol. The zero-order valence-electron chi connectivity index (χ0n) is 6.77. The minimum Gasteiger partial charge on any atom is -0.326 e. The number of hydrogen-bond acceptors (Lipinski definition) is 3. The number of H-pyrrole nitrogens is 1. The van der Waals surface area contributed by atoms with E-state index in [0.29, 0.717) is 18.7 Å². The van der Waals surface area contributed by atoms with Crippen LogP contribution in [0.4, 0.5) is 4.39 Å². The van der Waals surface area contributed by atoms with Crippen LogP contribution >= 0.6 is 8.25 Å². The predicted octanol–water partition coefficient (Wildman–Crippen LogP) is 0.0675. The summed E-state index contributed by atoms with van der Waals surface area (Å²) in [4.78, 5) is 18.1. The Labute approximate surface area is 74.8 Å². The molecule has 1 rings (SSSR count). The van der Waals surface area contributed by atoms with Gasteiger partial charge in [0.15, 0.2) is 0 Å². The molecule has 0 amide bonds. The molecule has 0 saturated carbocycles. The number of aromatic amines is 1. The van der Waals surface area contributed by atoms with E-state index < -0.39 is 8.25 Å². The first kappa shape index (κ1) is 12.2. The Balaban J connectivity index is 0.000000310. The molecule has 0 saturated heterocycles. The highest BCUT2D eigenvalue weighted by Gasteiger charge is 1.93. The number of aromatic nitrogens is 3. The molecule has 0 aliphatic rings. The van der Waals surface area contributed by atoms with E-state index in [1.165, 1.54) is 6.33 Å². The summed E-state index contributed by atoms with van der Waals surface area (Å²) in [6.45, 7) is -0.297. The number of nitrogens with zero attached hydrogens (tertiary/aromatic N) is 2. The maximum absolute atomic E-state index is 11.5. The minimum atomic E-state index is -3.13. The predicted molar refractivity (Wildman–Crippen MR) is 44.1 cm³/mol. The van der Waals surface area contributed by atoms with Crippen LogP contribution in [0.1, 0.15) is 12.2 Å². The zero-order valence-corrected chi connectivity index (χ0v) is 7.77. The largest absolute Gasteiger partial charge is 0.326 e. The number of halogens is 1. The van der Waals surface area contributed by atoms with Crippen molar-refractivity contribution in [3.8, 4) is 0 Å². The molecule has 8 heteroatoms. The summed E-state index contributed by atoms with van der Waals surface area (Å²) in [6.07, 6.45) is 2.63. The van der Waals surface area contributed by atoms with E-state index in [0.717, 1.165) is 0 Å². The number of alkyl halides is 1. The molecule has 0 fully saturated rings. The van der Waals surface area contributed by atoms with Crippen molar-refractivity contribution in [2.24, 2.45) is 0 Å².